The molecule has 2 aliphatic carbocycles. The molecule has 2 aromatic heterocycles. The molecule has 0 aliphatic heterocycles. The second-order valence-corrected chi connectivity index (χ2v) is 13.4. The first-order chi connectivity index (χ1) is 19.9. The number of fused-ring (bicyclic) bond motifs is 1. The van der Waals surface area contributed by atoms with Crippen LogP contribution in [0.15, 0.2) is 60.9 Å². The maximum Gasteiger partial charge on any atom is 0.119 e. The summed E-state index contributed by atoms with van der Waals surface area (Å²) in [6.07, 6.45) is 17.6. The van der Waals surface area contributed by atoms with E-state index >= 15 is 0 Å². The summed E-state index contributed by atoms with van der Waals surface area (Å²) in [5.74, 6) is 1.97. The highest BCUT2D eigenvalue weighted by Gasteiger charge is 2.46. The lowest BCUT2D eigenvalue weighted by Gasteiger charge is -2.52. The summed E-state index contributed by atoms with van der Waals surface area (Å²) < 4.78 is 6.66. The summed E-state index contributed by atoms with van der Waals surface area (Å²) in [6.45, 7) is 5.95. The van der Waals surface area contributed by atoms with Crippen LogP contribution in [-0.2, 0) is 5.41 Å². The summed E-state index contributed by atoms with van der Waals surface area (Å²) in [4.78, 5) is 13.6. The number of nitrogens with zero attached hydrogens (tertiary/aromatic N) is 3. The van der Waals surface area contributed by atoms with Crippen LogP contribution in [0.5, 0.6) is 5.75 Å². The standard InChI is InChI=1S/C36H47N4O/c1-36(2,25-40(3,30-11-7-5-8-12-30)31-13-9-6-10-14-31)35-38-33(26-19-21-37-22-20-26)34(39-35)29-16-15-28-24-32(41-4)18-17-27(28)23-29/h15-24,30-31H,5-14,25H2,1-4H3,(H,38,39)/q+1. The van der Waals surface area contributed by atoms with Crippen LogP contribution in [0.3, 0.4) is 0 Å². The molecule has 2 aromatic carbocycles. The number of hydrogen-bond acceptors (Lipinski definition) is 3. The van der Waals surface area contributed by atoms with Crippen molar-refractivity contribution in [3.05, 3.63) is 66.7 Å². The van der Waals surface area contributed by atoms with Crippen LogP contribution >= 0.6 is 0 Å². The number of aromatic nitrogens is 3. The van der Waals surface area contributed by atoms with Gasteiger partial charge in [0.25, 0.3) is 0 Å². The fraction of sp³-hybridized carbons (Fsp3) is 0.500. The van der Waals surface area contributed by atoms with Crippen LogP contribution in [0.2, 0.25) is 0 Å². The highest BCUT2D eigenvalue weighted by Crippen LogP contribution is 2.41. The number of hydrogen-bond donors (Lipinski definition) is 1. The molecule has 0 saturated heterocycles. The van der Waals surface area contributed by atoms with Crippen molar-refractivity contribution in [1.82, 2.24) is 15.0 Å². The maximum atomic E-state index is 5.46. The van der Waals surface area contributed by atoms with E-state index in [2.05, 4.69) is 73.3 Å². The molecule has 5 nitrogen and oxygen atoms in total. The Hall–Kier alpha value is -3.18. The van der Waals surface area contributed by atoms with Crippen LogP contribution in [0.4, 0.5) is 0 Å². The van der Waals surface area contributed by atoms with Crippen molar-refractivity contribution in [2.75, 3.05) is 20.7 Å². The summed E-state index contributed by atoms with van der Waals surface area (Å²) in [5, 5.41) is 2.36. The summed E-state index contributed by atoms with van der Waals surface area (Å²) in [6, 6.07) is 18.6. The van der Waals surface area contributed by atoms with Crippen LogP contribution in [0, 0.1) is 0 Å². The predicted octanol–water partition coefficient (Wildman–Crippen LogP) is 8.69. The SMILES string of the molecule is COc1ccc2cc(-c3nc(C(C)(C)C[N+](C)(C4CCCCC4)C4CCCCC4)[nH]c3-c3ccncc3)ccc2c1. The fourth-order valence-electron chi connectivity index (χ4n) is 7.95. The molecule has 0 atom stereocenters. The minimum atomic E-state index is -0.103. The van der Waals surface area contributed by atoms with Gasteiger partial charge in [-0.05, 0) is 106 Å². The molecule has 0 radical (unpaired) electrons. The van der Waals surface area contributed by atoms with E-state index in [1.165, 1.54) is 79.5 Å². The Kier molecular flexibility index (Phi) is 7.91. The molecular weight excluding hydrogens is 504 g/mol. The Bertz CT molecular complexity index is 1440. The number of aromatic amines is 1. The number of pyridine rings is 1. The number of likely N-dealkylation sites (N-methyl/N-ethyl adjacent to an activating group) is 1. The van der Waals surface area contributed by atoms with Crippen LogP contribution < -0.4 is 4.74 Å². The average molecular weight is 552 g/mol. The molecule has 4 aromatic rings. The lowest BCUT2D eigenvalue weighted by Crippen LogP contribution is -2.63. The zero-order valence-corrected chi connectivity index (χ0v) is 25.5. The first-order valence-electron chi connectivity index (χ1n) is 15.8. The van der Waals surface area contributed by atoms with E-state index in [1.54, 1.807) is 7.11 Å². The molecular formula is C36H47N4O+. The van der Waals surface area contributed by atoms with Gasteiger partial charge in [-0.1, -0.05) is 31.0 Å². The zero-order chi connectivity index (χ0) is 28.5. The highest BCUT2D eigenvalue weighted by molar-refractivity contribution is 5.90. The van der Waals surface area contributed by atoms with Gasteiger partial charge in [-0.2, -0.15) is 0 Å². The number of rotatable bonds is 8. The molecule has 216 valence electrons. The minimum Gasteiger partial charge on any atom is -0.497 e. The second-order valence-electron chi connectivity index (χ2n) is 13.4. The van der Waals surface area contributed by atoms with Gasteiger partial charge in [-0.25, -0.2) is 4.98 Å². The van der Waals surface area contributed by atoms with Crippen molar-refractivity contribution in [3.8, 4) is 28.3 Å². The normalized spacial score (nSPS) is 17.7. The first kappa shape index (κ1) is 28.0. The lowest BCUT2D eigenvalue weighted by molar-refractivity contribution is -0.962. The van der Waals surface area contributed by atoms with Gasteiger partial charge in [0.2, 0.25) is 0 Å². The molecule has 5 heteroatoms. The van der Waals surface area contributed by atoms with Crippen molar-refractivity contribution in [2.45, 2.75) is 95.6 Å². The summed E-state index contributed by atoms with van der Waals surface area (Å²) in [7, 11) is 4.31. The van der Waals surface area contributed by atoms with Gasteiger partial charge >= 0.3 is 0 Å². The molecule has 2 fully saturated rings. The number of H-pyrrole nitrogens is 1. The van der Waals surface area contributed by atoms with E-state index in [9.17, 15) is 0 Å². The molecule has 0 bridgehead atoms. The van der Waals surface area contributed by atoms with Crippen molar-refractivity contribution in [1.29, 1.82) is 0 Å². The van der Waals surface area contributed by atoms with Crippen molar-refractivity contribution in [3.63, 3.8) is 0 Å². The van der Waals surface area contributed by atoms with Gasteiger partial charge in [0.1, 0.15) is 11.6 Å². The van der Waals surface area contributed by atoms with Crippen molar-refractivity contribution in [2.24, 2.45) is 0 Å². The smallest absolute Gasteiger partial charge is 0.119 e. The number of quaternary nitrogens is 1. The molecule has 2 heterocycles. The Labute approximate surface area is 246 Å². The third kappa shape index (κ3) is 5.66. The topological polar surface area (TPSA) is 50.8 Å². The van der Waals surface area contributed by atoms with E-state index in [-0.39, 0.29) is 5.41 Å². The maximum absolute atomic E-state index is 5.46. The summed E-state index contributed by atoms with van der Waals surface area (Å²) >= 11 is 0. The monoisotopic (exact) mass is 551 g/mol. The van der Waals surface area contributed by atoms with E-state index in [0.29, 0.717) is 0 Å². The molecule has 1 N–H and O–H groups in total. The van der Waals surface area contributed by atoms with Gasteiger partial charge in [-0.15, -0.1) is 0 Å². The number of imidazole rings is 1. The molecule has 2 saturated carbocycles. The average Bonchev–Trinajstić information content (AvgIpc) is 3.48. The first-order valence-corrected chi connectivity index (χ1v) is 15.8. The molecule has 0 unspecified atom stereocenters. The minimum absolute atomic E-state index is 0.103. The van der Waals surface area contributed by atoms with Gasteiger partial charge < -0.3 is 14.2 Å². The number of nitrogens with one attached hydrogen (secondary N) is 1. The highest BCUT2D eigenvalue weighted by atomic mass is 16.5. The molecule has 0 spiro atoms. The predicted molar refractivity (Wildman–Crippen MR) is 169 cm³/mol. The van der Waals surface area contributed by atoms with Crippen molar-refractivity contribution < 1.29 is 9.22 Å². The quantitative estimate of drug-likeness (QED) is 0.223. The fourth-order valence-corrected chi connectivity index (χ4v) is 7.95. The van der Waals surface area contributed by atoms with E-state index < -0.39 is 0 Å². The van der Waals surface area contributed by atoms with Gasteiger partial charge in [0.05, 0.1) is 49.6 Å². The van der Waals surface area contributed by atoms with Crippen LogP contribution in [0.1, 0.15) is 83.9 Å². The van der Waals surface area contributed by atoms with E-state index in [4.69, 9.17) is 9.72 Å². The Balaban J connectivity index is 1.41. The van der Waals surface area contributed by atoms with Gasteiger partial charge in [-0.3, -0.25) is 4.98 Å². The van der Waals surface area contributed by atoms with E-state index in [0.717, 1.165) is 52.7 Å². The molecule has 0 amide bonds. The van der Waals surface area contributed by atoms with Crippen LogP contribution in [0.25, 0.3) is 33.3 Å². The number of benzene rings is 2. The van der Waals surface area contributed by atoms with E-state index in [1.807, 2.05) is 18.5 Å². The lowest BCUT2D eigenvalue weighted by atomic mass is 9.82. The Morgan fingerprint density at radius 2 is 1.41 bits per heavy atom. The summed E-state index contributed by atoms with van der Waals surface area (Å²) in [5.41, 5.74) is 4.24. The van der Waals surface area contributed by atoms with Gasteiger partial charge in [0, 0.05) is 23.5 Å². The largest absolute Gasteiger partial charge is 0.497 e. The van der Waals surface area contributed by atoms with Gasteiger partial charge in [0.15, 0.2) is 0 Å². The van der Waals surface area contributed by atoms with Crippen molar-refractivity contribution >= 4 is 10.8 Å². The second kappa shape index (κ2) is 11.6. The molecule has 2 aliphatic rings. The molecule has 41 heavy (non-hydrogen) atoms. The third-order valence-corrected chi connectivity index (χ3v) is 10.2. The zero-order valence-electron chi connectivity index (χ0n) is 25.5. The van der Waals surface area contributed by atoms with Crippen LogP contribution in [-0.4, -0.2) is 52.2 Å². The Morgan fingerprint density at radius 1 is 0.805 bits per heavy atom. The third-order valence-electron chi connectivity index (χ3n) is 10.2. The molecule has 6 rings (SSSR count). The Morgan fingerprint density at radius 3 is 2.05 bits per heavy atom. The number of methoxy groups -OCH3 is 1. The number of ether oxygens (including phenoxy) is 1.